The largest absolute Gasteiger partial charge is 0.468 e. The first kappa shape index (κ1) is 14.5. The van der Waals surface area contributed by atoms with Gasteiger partial charge in [-0.1, -0.05) is 13.8 Å². The minimum atomic E-state index is -0.173. The molecular weight excluding hydrogens is 216 g/mol. The van der Waals surface area contributed by atoms with Crippen LogP contribution in [0.5, 0.6) is 0 Å². The van der Waals surface area contributed by atoms with Crippen molar-refractivity contribution in [1.29, 1.82) is 0 Å². The predicted octanol–water partition coefficient (Wildman–Crippen LogP) is 1.40. The number of hydrogen-bond donors (Lipinski definition) is 1. The summed E-state index contributed by atoms with van der Waals surface area (Å²) in [6, 6.07) is 0.787. The molecule has 2 atom stereocenters. The lowest BCUT2D eigenvalue weighted by molar-refractivity contribution is -0.143. The lowest BCUT2D eigenvalue weighted by Gasteiger charge is -2.25. The van der Waals surface area contributed by atoms with Crippen LogP contribution in [0.1, 0.15) is 40.0 Å². The van der Waals surface area contributed by atoms with Crippen LogP contribution in [0.2, 0.25) is 0 Å². The van der Waals surface area contributed by atoms with Gasteiger partial charge in [0.2, 0.25) is 0 Å². The topological polar surface area (TPSA) is 41.6 Å². The fourth-order valence-corrected chi connectivity index (χ4v) is 2.43. The number of methoxy groups -OCH3 is 1. The molecule has 4 nitrogen and oxygen atoms in total. The first-order valence-corrected chi connectivity index (χ1v) is 6.62. The third-order valence-corrected chi connectivity index (χ3v) is 3.42. The predicted molar refractivity (Wildman–Crippen MR) is 69.0 cm³/mol. The number of ether oxygens (including phenoxy) is 1. The zero-order valence-corrected chi connectivity index (χ0v) is 11.5. The van der Waals surface area contributed by atoms with Gasteiger partial charge in [0, 0.05) is 18.6 Å². The standard InChI is InChI=1S/C13H26N2O2/c1-10(2)14-12(13(16)17-4)7-9-15-8-5-6-11(15)3/h10-12,14H,5-9H2,1-4H3. The lowest BCUT2D eigenvalue weighted by atomic mass is 10.1. The monoisotopic (exact) mass is 242 g/mol. The molecule has 1 rings (SSSR count). The number of likely N-dealkylation sites (tertiary alicyclic amines) is 1. The SMILES string of the molecule is COC(=O)C(CCN1CCCC1C)NC(C)C. The van der Waals surface area contributed by atoms with E-state index in [1.165, 1.54) is 20.0 Å². The van der Waals surface area contributed by atoms with Crippen LogP contribution in [0, 0.1) is 0 Å². The third-order valence-electron chi connectivity index (χ3n) is 3.42. The van der Waals surface area contributed by atoms with Crippen LogP contribution < -0.4 is 5.32 Å². The molecule has 0 aliphatic carbocycles. The van der Waals surface area contributed by atoms with Crippen molar-refractivity contribution in [3.63, 3.8) is 0 Å². The summed E-state index contributed by atoms with van der Waals surface area (Å²) in [4.78, 5) is 14.1. The summed E-state index contributed by atoms with van der Waals surface area (Å²) in [5.41, 5.74) is 0. The molecule has 4 heteroatoms. The Labute approximate surface area is 105 Å². The molecule has 0 bridgehead atoms. The number of rotatable bonds is 6. The third kappa shape index (κ3) is 4.64. The van der Waals surface area contributed by atoms with E-state index in [-0.39, 0.29) is 12.0 Å². The summed E-state index contributed by atoms with van der Waals surface area (Å²) in [6.07, 6.45) is 3.39. The molecule has 1 saturated heterocycles. The van der Waals surface area contributed by atoms with E-state index < -0.39 is 0 Å². The highest BCUT2D eigenvalue weighted by atomic mass is 16.5. The van der Waals surface area contributed by atoms with Crippen molar-refractivity contribution < 1.29 is 9.53 Å². The summed E-state index contributed by atoms with van der Waals surface area (Å²) in [5, 5.41) is 3.27. The lowest BCUT2D eigenvalue weighted by Crippen LogP contribution is -2.44. The van der Waals surface area contributed by atoms with E-state index >= 15 is 0 Å². The Balaban J connectivity index is 2.40. The molecule has 0 spiro atoms. The van der Waals surface area contributed by atoms with Crippen molar-refractivity contribution >= 4 is 5.97 Å². The van der Waals surface area contributed by atoms with Crippen LogP contribution in [0.15, 0.2) is 0 Å². The van der Waals surface area contributed by atoms with E-state index in [1.54, 1.807) is 0 Å². The molecule has 0 saturated carbocycles. The maximum atomic E-state index is 11.6. The molecule has 1 aliphatic heterocycles. The molecule has 0 aromatic heterocycles. The van der Waals surface area contributed by atoms with Crippen LogP contribution in [0.4, 0.5) is 0 Å². The Kier molecular flexibility index (Phi) is 5.92. The Morgan fingerprint density at radius 1 is 1.53 bits per heavy atom. The molecule has 2 unspecified atom stereocenters. The average molecular weight is 242 g/mol. The molecular formula is C13H26N2O2. The first-order chi connectivity index (χ1) is 8.04. The van der Waals surface area contributed by atoms with Gasteiger partial charge in [-0.15, -0.1) is 0 Å². The zero-order chi connectivity index (χ0) is 12.8. The minimum absolute atomic E-state index is 0.148. The Morgan fingerprint density at radius 2 is 2.24 bits per heavy atom. The number of esters is 1. The van der Waals surface area contributed by atoms with Gasteiger partial charge in [-0.05, 0) is 32.7 Å². The van der Waals surface area contributed by atoms with Gasteiger partial charge in [0.15, 0.2) is 0 Å². The van der Waals surface area contributed by atoms with Crippen molar-refractivity contribution in [2.24, 2.45) is 0 Å². The fraction of sp³-hybridized carbons (Fsp3) is 0.923. The van der Waals surface area contributed by atoms with E-state index in [1.807, 2.05) is 0 Å². The van der Waals surface area contributed by atoms with Crippen LogP contribution >= 0.6 is 0 Å². The Bertz CT molecular complexity index is 244. The normalized spacial score (nSPS) is 23.0. The second kappa shape index (κ2) is 6.97. The van der Waals surface area contributed by atoms with Gasteiger partial charge in [0.05, 0.1) is 7.11 Å². The van der Waals surface area contributed by atoms with Crippen molar-refractivity contribution in [3.8, 4) is 0 Å². The molecule has 0 aromatic rings. The molecule has 0 amide bonds. The van der Waals surface area contributed by atoms with Gasteiger partial charge in [-0.2, -0.15) is 0 Å². The molecule has 0 radical (unpaired) electrons. The highest BCUT2D eigenvalue weighted by molar-refractivity contribution is 5.75. The molecule has 1 heterocycles. The molecule has 1 aliphatic rings. The van der Waals surface area contributed by atoms with Gasteiger partial charge < -0.3 is 15.0 Å². The van der Waals surface area contributed by atoms with E-state index in [9.17, 15) is 4.79 Å². The number of hydrogen-bond acceptors (Lipinski definition) is 4. The van der Waals surface area contributed by atoms with Crippen LogP contribution in [0.25, 0.3) is 0 Å². The van der Waals surface area contributed by atoms with Crippen molar-refractivity contribution in [1.82, 2.24) is 10.2 Å². The van der Waals surface area contributed by atoms with Gasteiger partial charge in [0.25, 0.3) is 0 Å². The summed E-state index contributed by atoms with van der Waals surface area (Å²) in [5.74, 6) is -0.148. The quantitative estimate of drug-likeness (QED) is 0.715. The van der Waals surface area contributed by atoms with Gasteiger partial charge >= 0.3 is 5.97 Å². The number of carbonyl (C=O) groups excluding carboxylic acids is 1. The highest BCUT2D eigenvalue weighted by Crippen LogP contribution is 2.16. The molecule has 0 aromatic carbocycles. The number of carbonyl (C=O) groups is 1. The van der Waals surface area contributed by atoms with E-state index in [2.05, 4.69) is 31.0 Å². The van der Waals surface area contributed by atoms with Crippen molar-refractivity contribution in [2.45, 2.75) is 58.2 Å². The summed E-state index contributed by atoms with van der Waals surface area (Å²) >= 11 is 0. The van der Waals surface area contributed by atoms with E-state index in [4.69, 9.17) is 4.74 Å². The maximum absolute atomic E-state index is 11.6. The van der Waals surface area contributed by atoms with Gasteiger partial charge in [-0.25, -0.2) is 0 Å². The van der Waals surface area contributed by atoms with Crippen molar-refractivity contribution in [3.05, 3.63) is 0 Å². The van der Waals surface area contributed by atoms with Crippen molar-refractivity contribution in [2.75, 3.05) is 20.2 Å². The van der Waals surface area contributed by atoms with Crippen LogP contribution in [0.3, 0.4) is 0 Å². The van der Waals surface area contributed by atoms with Crippen LogP contribution in [-0.4, -0.2) is 49.2 Å². The Morgan fingerprint density at radius 3 is 2.71 bits per heavy atom. The highest BCUT2D eigenvalue weighted by Gasteiger charge is 2.24. The number of nitrogens with one attached hydrogen (secondary N) is 1. The Hall–Kier alpha value is -0.610. The fourth-order valence-electron chi connectivity index (χ4n) is 2.43. The summed E-state index contributed by atoms with van der Waals surface area (Å²) in [6.45, 7) is 8.50. The average Bonchev–Trinajstić information content (AvgIpc) is 2.68. The minimum Gasteiger partial charge on any atom is -0.468 e. The van der Waals surface area contributed by atoms with E-state index in [0.29, 0.717) is 12.1 Å². The second-order valence-corrected chi connectivity index (χ2v) is 5.21. The van der Waals surface area contributed by atoms with Gasteiger partial charge in [-0.3, -0.25) is 4.79 Å². The van der Waals surface area contributed by atoms with Gasteiger partial charge in [0.1, 0.15) is 6.04 Å². The summed E-state index contributed by atoms with van der Waals surface area (Å²) in [7, 11) is 1.45. The second-order valence-electron chi connectivity index (χ2n) is 5.21. The van der Waals surface area contributed by atoms with Crippen LogP contribution in [-0.2, 0) is 9.53 Å². The molecule has 1 N–H and O–H groups in total. The molecule has 100 valence electrons. The smallest absolute Gasteiger partial charge is 0.322 e. The first-order valence-electron chi connectivity index (χ1n) is 6.62. The zero-order valence-electron chi connectivity index (χ0n) is 11.5. The molecule has 1 fully saturated rings. The number of nitrogens with zero attached hydrogens (tertiary/aromatic N) is 1. The molecule has 17 heavy (non-hydrogen) atoms. The summed E-state index contributed by atoms with van der Waals surface area (Å²) < 4.78 is 4.84. The van der Waals surface area contributed by atoms with E-state index in [0.717, 1.165) is 19.5 Å². The maximum Gasteiger partial charge on any atom is 0.322 e.